The van der Waals surface area contributed by atoms with E-state index in [-0.39, 0.29) is 12.1 Å². The number of benzene rings is 2. The first-order valence-corrected chi connectivity index (χ1v) is 9.53. The topological polar surface area (TPSA) is 106 Å². The number of aromatic amines is 1. The lowest BCUT2D eigenvalue weighted by molar-refractivity contribution is -0.137. The Bertz CT molecular complexity index is 1500. The first-order valence-electron chi connectivity index (χ1n) is 9.53. The Hall–Kier alpha value is -3.99. The van der Waals surface area contributed by atoms with E-state index < -0.39 is 17.6 Å². The summed E-state index contributed by atoms with van der Waals surface area (Å²) in [5.41, 5.74) is 1.68. The molecule has 0 spiro atoms. The largest absolute Gasteiger partial charge is 0.416 e. The molecule has 3 aromatic heterocycles. The summed E-state index contributed by atoms with van der Waals surface area (Å²) in [5, 5.41) is 9.41. The number of fused-ring (bicyclic) bond motifs is 4. The van der Waals surface area contributed by atoms with Gasteiger partial charge in [0.2, 0.25) is 0 Å². The standard InChI is InChI=1S/C21H16F3N7O/c1-30-17-5-3-13(21(22,23)24)7-16(17)28-18(30)10-31(25)20(32)11-2-4-15-14(6-11)19-12(8-26-15)9-27-29-19/h2-9H,10,25H2,1H3,(H,27,29). The van der Waals surface area contributed by atoms with Crippen molar-refractivity contribution in [1.82, 2.24) is 29.7 Å². The van der Waals surface area contributed by atoms with Crippen LogP contribution in [0, 0.1) is 0 Å². The summed E-state index contributed by atoms with van der Waals surface area (Å²) in [6, 6.07) is 8.33. The van der Waals surface area contributed by atoms with Crippen LogP contribution < -0.4 is 5.84 Å². The van der Waals surface area contributed by atoms with Crippen LogP contribution in [-0.2, 0) is 19.8 Å². The summed E-state index contributed by atoms with van der Waals surface area (Å²) < 4.78 is 40.6. The minimum atomic E-state index is -4.47. The Morgan fingerprint density at radius 2 is 1.97 bits per heavy atom. The molecule has 0 unspecified atom stereocenters. The number of hydrogen-bond donors (Lipinski definition) is 2. The molecule has 11 heteroatoms. The molecule has 0 aliphatic heterocycles. The number of hydrazine groups is 1. The molecule has 32 heavy (non-hydrogen) atoms. The smallest absolute Gasteiger partial charge is 0.330 e. The number of amides is 1. The fraction of sp³-hybridized carbons (Fsp3) is 0.143. The third-order valence-corrected chi connectivity index (χ3v) is 5.40. The summed E-state index contributed by atoms with van der Waals surface area (Å²) in [6.45, 7) is -0.0874. The predicted molar refractivity (Wildman–Crippen MR) is 111 cm³/mol. The van der Waals surface area contributed by atoms with Crippen molar-refractivity contribution >= 4 is 38.7 Å². The van der Waals surface area contributed by atoms with Crippen molar-refractivity contribution in [2.45, 2.75) is 12.7 Å². The zero-order valence-electron chi connectivity index (χ0n) is 16.7. The zero-order valence-corrected chi connectivity index (χ0v) is 16.7. The van der Waals surface area contributed by atoms with Gasteiger partial charge in [0.25, 0.3) is 5.91 Å². The average molecular weight is 439 g/mol. The number of carbonyl (C=O) groups is 1. The number of alkyl halides is 3. The lowest BCUT2D eigenvalue weighted by atomic mass is 10.1. The predicted octanol–water partition coefficient (Wildman–Crippen LogP) is 3.53. The van der Waals surface area contributed by atoms with Gasteiger partial charge in [0.1, 0.15) is 5.82 Å². The second-order valence-corrected chi connectivity index (χ2v) is 7.41. The van der Waals surface area contributed by atoms with Gasteiger partial charge in [-0.3, -0.25) is 19.9 Å². The van der Waals surface area contributed by atoms with Gasteiger partial charge in [0.05, 0.1) is 40.4 Å². The van der Waals surface area contributed by atoms with E-state index in [0.717, 1.165) is 33.4 Å². The highest BCUT2D eigenvalue weighted by Crippen LogP contribution is 2.31. The summed E-state index contributed by atoms with van der Waals surface area (Å²) >= 11 is 0. The number of rotatable bonds is 3. The van der Waals surface area contributed by atoms with Crippen LogP contribution in [0.3, 0.4) is 0 Å². The van der Waals surface area contributed by atoms with Gasteiger partial charge >= 0.3 is 6.18 Å². The number of nitrogens with two attached hydrogens (primary N) is 1. The van der Waals surface area contributed by atoms with E-state index in [2.05, 4.69) is 20.2 Å². The fourth-order valence-electron chi connectivity index (χ4n) is 3.69. The Morgan fingerprint density at radius 1 is 1.16 bits per heavy atom. The zero-order chi connectivity index (χ0) is 22.6. The van der Waals surface area contributed by atoms with Crippen molar-refractivity contribution in [2.24, 2.45) is 12.9 Å². The molecule has 5 aromatic rings. The van der Waals surface area contributed by atoms with Crippen LogP contribution in [0.2, 0.25) is 0 Å². The molecular formula is C21H16F3N7O. The van der Waals surface area contributed by atoms with Crippen LogP contribution in [0.5, 0.6) is 0 Å². The maximum absolute atomic E-state index is 13.0. The van der Waals surface area contributed by atoms with E-state index in [1.807, 2.05) is 0 Å². The Kier molecular flexibility index (Phi) is 4.38. The minimum Gasteiger partial charge on any atom is -0.330 e. The van der Waals surface area contributed by atoms with E-state index in [9.17, 15) is 18.0 Å². The number of aryl methyl sites for hydroxylation is 1. The summed E-state index contributed by atoms with van der Waals surface area (Å²) in [5.74, 6) is 5.91. The molecule has 0 saturated carbocycles. The van der Waals surface area contributed by atoms with Crippen molar-refractivity contribution < 1.29 is 18.0 Å². The Labute approximate surface area is 178 Å². The van der Waals surface area contributed by atoms with Crippen molar-refractivity contribution in [3.8, 4) is 0 Å². The Balaban J connectivity index is 1.45. The maximum atomic E-state index is 13.0. The summed E-state index contributed by atoms with van der Waals surface area (Å²) in [4.78, 5) is 21.5. The molecule has 2 aromatic carbocycles. The summed E-state index contributed by atoms with van der Waals surface area (Å²) in [7, 11) is 1.66. The minimum absolute atomic E-state index is 0.0874. The van der Waals surface area contributed by atoms with E-state index in [4.69, 9.17) is 5.84 Å². The van der Waals surface area contributed by atoms with Gasteiger partial charge in [0, 0.05) is 29.6 Å². The number of halogens is 3. The normalized spacial score (nSPS) is 12.2. The first kappa shape index (κ1) is 19.9. The molecule has 0 radical (unpaired) electrons. The van der Waals surface area contributed by atoms with Crippen molar-refractivity contribution in [1.29, 1.82) is 0 Å². The van der Waals surface area contributed by atoms with Gasteiger partial charge in [-0.1, -0.05) is 0 Å². The lowest BCUT2D eigenvalue weighted by Gasteiger charge is -2.16. The summed E-state index contributed by atoms with van der Waals surface area (Å²) in [6.07, 6.45) is -1.14. The highest BCUT2D eigenvalue weighted by molar-refractivity contribution is 6.06. The quantitative estimate of drug-likeness (QED) is 0.254. The molecule has 0 aliphatic rings. The van der Waals surface area contributed by atoms with Gasteiger partial charge in [-0.05, 0) is 36.4 Å². The molecule has 3 N–H and O–H groups in total. The van der Waals surface area contributed by atoms with E-state index >= 15 is 0 Å². The van der Waals surface area contributed by atoms with Crippen LogP contribution in [0.1, 0.15) is 21.7 Å². The lowest BCUT2D eigenvalue weighted by Crippen LogP contribution is -2.37. The number of aromatic nitrogens is 5. The molecule has 0 atom stereocenters. The number of imidazole rings is 1. The second kappa shape index (κ2) is 7.02. The van der Waals surface area contributed by atoms with Crippen LogP contribution in [-0.4, -0.2) is 35.6 Å². The molecule has 1 amide bonds. The van der Waals surface area contributed by atoms with Crippen LogP contribution in [0.4, 0.5) is 13.2 Å². The van der Waals surface area contributed by atoms with Crippen molar-refractivity contribution in [2.75, 3.05) is 0 Å². The molecule has 0 aliphatic carbocycles. The molecule has 0 saturated heterocycles. The van der Waals surface area contributed by atoms with E-state index in [1.165, 1.54) is 6.07 Å². The molecule has 3 heterocycles. The third-order valence-electron chi connectivity index (χ3n) is 5.40. The average Bonchev–Trinajstić information content (AvgIpc) is 3.37. The Morgan fingerprint density at radius 3 is 2.75 bits per heavy atom. The SMILES string of the molecule is Cn1c(CN(N)C(=O)c2ccc3ncc4cn[nH]c4c3c2)nc2cc(C(F)(F)F)ccc21. The van der Waals surface area contributed by atoms with Crippen LogP contribution >= 0.6 is 0 Å². The monoisotopic (exact) mass is 439 g/mol. The fourth-order valence-corrected chi connectivity index (χ4v) is 3.69. The van der Waals surface area contributed by atoms with Crippen LogP contribution in [0.25, 0.3) is 32.8 Å². The van der Waals surface area contributed by atoms with Gasteiger partial charge in [-0.15, -0.1) is 0 Å². The number of pyridine rings is 1. The molecule has 0 bridgehead atoms. The van der Waals surface area contributed by atoms with Crippen LogP contribution in [0.15, 0.2) is 48.8 Å². The number of H-pyrrole nitrogens is 1. The third kappa shape index (κ3) is 3.23. The number of nitrogens with zero attached hydrogens (tertiary/aromatic N) is 5. The number of hydrogen-bond acceptors (Lipinski definition) is 5. The molecule has 0 fully saturated rings. The highest BCUT2D eigenvalue weighted by atomic mass is 19.4. The molecule has 8 nitrogen and oxygen atoms in total. The second-order valence-electron chi connectivity index (χ2n) is 7.41. The molecule has 162 valence electrons. The van der Waals surface area contributed by atoms with Crippen molar-refractivity contribution in [3.63, 3.8) is 0 Å². The number of carbonyl (C=O) groups excluding carboxylic acids is 1. The number of nitrogens with one attached hydrogen (secondary N) is 1. The van der Waals surface area contributed by atoms with Gasteiger partial charge in [-0.2, -0.15) is 18.3 Å². The highest BCUT2D eigenvalue weighted by Gasteiger charge is 2.31. The van der Waals surface area contributed by atoms with Crippen molar-refractivity contribution in [3.05, 3.63) is 65.7 Å². The van der Waals surface area contributed by atoms with Gasteiger partial charge in [-0.25, -0.2) is 10.8 Å². The van der Waals surface area contributed by atoms with Gasteiger partial charge in [0.15, 0.2) is 0 Å². The first-order chi connectivity index (χ1) is 15.2. The molecular weight excluding hydrogens is 423 g/mol. The maximum Gasteiger partial charge on any atom is 0.416 e. The van der Waals surface area contributed by atoms with Gasteiger partial charge < -0.3 is 4.57 Å². The van der Waals surface area contributed by atoms with E-state index in [0.29, 0.717) is 22.4 Å². The molecule has 5 rings (SSSR count). The van der Waals surface area contributed by atoms with E-state index in [1.54, 1.807) is 42.2 Å².